The highest BCUT2D eigenvalue weighted by molar-refractivity contribution is 5.89. The fourth-order valence-corrected chi connectivity index (χ4v) is 1.12. The molecule has 0 aromatic carbocycles. The third-order valence-electron chi connectivity index (χ3n) is 2.02. The predicted molar refractivity (Wildman–Crippen MR) is 55.8 cm³/mol. The van der Waals surface area contributed by atoms with Gasteiger partial charge in [0.2, 0.25) is 0 Å². The highest BCUT2D eigenvalue weighted by Gasteiger charge is 2.12. The van der Waals surface area contributed by atoms with Crippen LogP contribution in [0.5, 0.6) is 0 Å². The number of hydroxylamine groups is 2. The lowest BCUT2D eigenvalue weighted by atomic mass is 10.1. The first kappa shape index (κ1) is 11.2. The molecule has 4 nitrogen and oxygen atoms in total. The van der Waals surface area contributed by atoms with Crippen LogP contribution in [0.3, 0.4) is 0 Å². The molecular formula is C10H18N2O2. The van der Waals surface area contributed by atoms with Crippen molar-refractivity contribution in [2.24, 2.45) is 10.9 Å². The second-order valence-corrected chi connectivity index (χ2v) is 3.56. The van der Waals surface area contributed by atoms with E-state index in [-0.39, 0.29) is 6.61 Å². The number of hydrogen-bond acceptors (Lipinski definition) is 4. The van der Waals surface area contributed by atoms with Gasteiger partial charge in [0, 0.05) is 24.7 Å². The number of hydrogen-bond donors (Lipinski definition) is 1. The van der Waals surface area contributed by atoms with Gasteiger partial charge in [-0.2, -0.15) is 0 Å². The first-order valence-electron chi connectivity index (χ1n) is 4.97. The van der Waals surface area contributed by atoms with Crippen molar-refractivity contribution in [1.29, 1.82) is 0 Å². The maximum absolute atomic E-state index is 8.60. The second kappa shape index (κ2) is 5.78. The van der Waals surface area contributed by atoms with Crippen molar-refractivity contribution in [1.82, 2.24) is 5.06 Å². The van der Waals surface area contributed by atoms with Crippen LogP contribution < -0.4 is 0 Å². The summed E-state index contributed by atoms with van der Waals surface area (Å²) in [6.45, 7) is 5.67. The van der Waals surface area contributed by atoms with E-state index in [0.717, 1.165) is 12.3 Å². The molecule has 0 bridgehead atoms. The standard InChI is InChI=1S/C10H18N2O2/c1-9(2)10-8-12(5-4-11-10)14-7-3-6-13/h4-5,9,13H,3,6-8H2,1-2H3. The Labute approximate surface area is 84.8 Å². The molecule has 0 radical (unpaired) electrons. The van der Waals surface area contributed by atoms with E-state index in [2.05, 4.69) is 18.8 Å². The molecule has 14 heavy (non-hydrogen) atoms. The van der Waals surface area contributed by atoms with E-state index in [9.17, 15) is 0 Å². The maximum Gasteiger partial charge on any atom is 0.0835 e. The van der Waals surface area contributed by atoms with Crippen molar-refractivity contribution in [3.63, 3.8) is 0 Å². The van der Waals surface area contributed by atoms with Crippen molar-refractivity contribution in [2.75, 3.05) is 19.8 Å². The minimum atomic E-state index is 0.169. The summed E-state index contributed by atoms with van der Waals surface area (Å²) in [5.41, 5.74) is 1.12. The van der Waals surface area contributed by atoms with Crippen LogP contribution in [0.25, 0.3) is 0 Å². The Kier molecular flexibility index (Phi) is 4.62. The molecule has 0 fully saturated rings. The van der Waals surface area contributed by atoms with Crippen molar-refractivity contribution in [3.8, 4) is 0 Å². The fraction of sp³-hybridized carbons (Fsp3) is 0.700. The lowest BCUT2D eigenvalue weighted by Gasteiger charge is -2.24. The molecule has 0 aliphatic carbocycles. The van der Waals surface area contributed by atoms with Crippen molar-refractivity contribution >= 4 is 5.71 Å². The minimum Gasteiger partial charge on any atom is -0.396 e. The molecule has 1 aliphatic rings. The molecule has 0 aromatic heterocycles. The fourth-order valence-electron chi connectivity index (χ4n) is 1.12. The molecule has 1 rings (SSSR count). The molecule has 0 spiro atoms. The number of aliphatic imine (C=N–C) groups is 1. The molecule has 0 amide bonds. The summed E-state index contributed by atoms with van der Waals surface area (Å²) in [5.74, 6) is 0.448. The normalized spacial score (nSPS) is 16.3. The molecule has 1 aliphatic heterocycles. The SMILES string of the molecule is CC(C)C1=NC=CN(OCCCO)C1. The van der Waals surface area contributed by atoms with Crippen LogP contribution in [0.2, 0.25) is 0 Å². The van der Waals surface area contributed by atoms with Gasteiger partial charge in [0.1, 0.15) is 0 Å². The van der Waals surface area contributed by atoms with E-state index >= 15 is 0 Å². The van der Waals surface area contributed by atoms with Crippen LogP contribution in [0.1, 0.15) is 20.3 Å². The molecule has 4 heteroatoms. The number of nitrogens with zero attached hydrogens (tertiary/aromatic N) is 2. The van der Waals surface area contributed by atoms with Gasteiger partial charge in [-0.3, -0.25) is 14.9 Å². The molecule has 1 heterocycles. The summed E-state index contributed by atoms with van der Waals surface area (Å²) in [7, 11) is 0. The first-order valence-corrected chi connectivity index (χ1v) is 4.97. The first-order chi connectivity index (χ1) is 6.74. The topological polar surface area (TPSA) is 45.1 Å². The Hall–Kier alpha value is -0.870. The van der Waals surface area contributed by atoms with Crippen LogP contribution >= 0.6 is 0 Å². The summed E-state index contributed by atoms with van der Waals surface area (Å²) in [4.78, 5) is 9.68. The summed E-state index contributed by atoms with van der Waals surface area (Å²) >= 11 is 0. The average molecular weight is 198 g/mol. The molecule has 0 atom stereocenters. The van der Waals surface area contributed by atoms with Crippen LogP contribution in [0, 0.1) is 5.92 Å². The van der Waals surface area contributed by atoms with Gasteiger partial charge in [0.15, 0.2) is 0 Å². The van der Waals surface area contributed by atoms with E-state index < -0.39 is 0 Å². The Morgan fingerprint density at radius 3 is 3.07 bits per heavy atom. The van der Waals surface area contributed by atoms with Crippen LogP contribution in [0.4, 0.5) is 0 Å². The smallest absolute Gasteiger partial charge is 0.0835 e. The predicted octanol–water partition coefficient (Wildman–Crippen LogP) is 1.18. The molecule has 0 unspecified atom stereocenters. The highest BCUT2D eigenvalue weighted by Crippen LogP contribution is 2.07. The van der Waals surface area contributed by atoms with Gasteiger partial charge in [-0.05, 0) is 12.3 Å². The molecular weight excluding hydrogens is 180 g/mol. The maximum atomic E-state index is 8.60. The average Bonchev–Trinajstić information content (AvgIpc) is 2.19. The minimum absolute atomic E-state index is 0.169. The van der Waals surface area contributed by atoms with Crippen LogP contribution in [-0.2, 0) is 4.84 Å². The summed E-state index contributed by atoms with van der Waals surface area (Å²) in [5, 5.41) is 10.4. The molecule has 0 aromatic rings. The van der Waals surface area contributed by atoms with Gasteiger partial charge in [0.25, 0.3) is 0 Å². The Balaban J connectivity index is 2.31. The van der Waals surface area contributed by atoms with Crippen molar-refractivity contribution in [3.05, 3.63) is 12.4 Å². The van der Waals surface area contributed by atoms with Crippen molar-refractivity contribution < 1.29 is 9.94 Å². The second-order valence-electron chi connectivity index (χ2n) is 3.56. The lowest BCUT2D eigenvalue weighted by Crippen LogP contribution is -2.30. The Morgan fingerprint density at radius 1 is 1.64 bits per heavy atom. The van der Waals surface area contributed by atoms with E-state index in [1.807, 2.05) is 6.20 Å². The summed E-state index contributed by atoms with van der Waals surface area (Å²) < 4.78 is 0. The van der Waals surface area contributed by atoms with E-state index in [4.69, 9.17) is 9.94 Å². The zero-order valence-corrected chi connectivity index (χ0v) is 8.81. The largest absolute Gasteiger partial charge is 0.396 e. The van der Waals surface area contributed by atoms with E-state index in [0.29, 0.717) is 18.9 Å². The molecule has 0 saturated heterocycles. The number of aliphatic hydroxyl groups is 1. The van der Waals surface area contributed by atoms with E-state index in [1.165, 1.54) is 0 Å². The molecule has 0 saturated carbocycles. The third-order valence-corrected chi connectivity index (χ3v) is 2.02. The van der Waals surface area contributed by atoms with Crippen LogP contribution in [0.15, 0.2) is 17.4 Å². The summed E-state index contributed by atoms with van der Waals surface area (Å²) in [6, 6.07) is 0. The molecule has 1 N–H and O–H groups in total. The Bertz CT molecular complexity index is 224. The Morgan fingerprint density at radius 2 is 2.43 bits per heavy atom. The number of rotatable bonds is 5. The van der Waals surface area contributed by atoms with Gasteiger partial charge in [-0.25, -0.2) is 0 Å². The van der Waals surface area contributed by atoms with Crippen LogP contribution in [-0.4, -0.2) is 35.6 Å². The van der Waals surface area contributed by atoms with Crippen molar-refractivity contribution in [2.45, 2.75) is 20.3 Å². The van der Waals surface area contributed by atoms with Gasteiger partial charge in [-0.15, -0.1) is 0 Å². The van der Waals surface area contributed by atoms with Gasteiger partial charge in [0.05, 0.1) is 13.2 Å². The quantitative estimate of drug-likeness (QED) is 0.675. The molecule has 80 valence electrons. The van der Waals surface area contributed by atoms with Gasteiger partial charge >= 0.3 is 0 Å². The third kappa shape index (κ3) is 3.47. The van der Waals surface area contributed by atoms with E-state index in [1.54, 1.807) is 11.3 Å². The highest BCUT2D eigenvalue weighted by atomic mass is 16.7. The number of aliphatic hydroxyl groups excluding tert-OH is 1. The summed E-state index contributed by atoms with van der Waals surface area (Å²) in [6.07, 6.45) is 4.22. The zero-order chi connectivity index (χ0) is 10.4. The van der Waals surface area contributed by atoms with Gasteiger partial charge in [-0.1, -0.05) is 13.8 Å². The monoisotopic (exact) mass is 198 g/mol. The lowest BCUT2D eigenvalue weighted by molar-refractivity contribution is -0.113. The van der Waals surface area contributed by atoms with Gasteiger partial charge < -0.3 is 5.11 Å². The zero-order valence-electron chi connectivity index (χ0n) is 8.81.